The van der Waals surface area contributed by atoms with Crippen molar-refractivity contribution in [2.75, 3.05) is 88.3 Å². The van der Waals surface area contributed by atoms with Crippen LogP contribution in [-0.2, 0) is 16.0 Å². The molecule has 2 aromatic carbocycles. The third kappa shape index (κ3) is 14.3. The number of hydrogen-bond acceptors (Lipinski definition) is 11. The lowest BCUT2D eigenvalue weighted by Crippen LogP contribution is -2.46. The summed E-state index contributed by atoms with van der Waals surface area (Å²) in [5, 5.41) is 24.2. The highest BCUT2D eigenvalue weighted by Crippen LogP contribution is 2.43. The van der Waals surface area contributed by atoms with E-state index >= 15 is 0 Å². The minimum atomic E-state index is -0.447. The Hall–Kier alpha value is -3.33. The van der Waals surface area contributed by atoms with Gasteiger partial charge in [0.2, 0.25) is 0 Å². The van der Waals surface area contributed by atoms with E-state index in [0.717, 1.165) is 159 Å². The lowest BCUT2D eigenvalue weighted by Gasteiger charge is -2.39. The van der Waals surface area contributed by atoms with Crippen molar-refractivity contribution in [2.24, 2.45) is 10.8 Å². The number of benzene rings is 2. The molecule has 0 aliphatic carbocycles. The molecule has 2 spiro atoms. The van der Waals surface area contributed by atoms with Crippen molar-refractivity contribution in [3.05, 3.63) is 57.6 Å². The van der Waals surface area contributed by atoms with Gasteiger partial charge in [-0.2, -0.15) is 0 Å². The maximum absolute atomic E-state index is 12.4. The highest BCUT2D eigenvalue weighted by Gasteiger charge is 2.42. The van der Waals surface area contributed by atoms with E-state index in [4.69, 9.17) is 32.7 Å². The number of halogens is 2. The summed E-state index contributed by atoms with van der Waals surface area (Å²) in [5.74, 6) is 0. The molecule has 3 N–H and O–H groups in total. The van der Waals surface area contributed by atoms with E-state index in [1.807, 2.05) is 63.5 Å². The minimum absolute atomic E-state index is 0.154. The van der Waals surface area contributed by atoms with Gasteiger partial charge in [0.15, 0.2) is 6.29 Å². The van der Waals surface area contributed by atoms with Crippen molar-refractivity contribution in [3.8, 4) is 0 Å². The van der Waals surface area contributed by atoms with Crippen molar-refractivity contribution < 1.29 is 34.1 Å². The highest BCUT2D eigenvalue weighted by atomic mass is 35.5. The Bertz CT molecular complexity index is 1880. The minimum Gasteiger partial charge on any atom is -0.444 e. The van der Waals surface area contributed by atoms with Crippen LogP contribution in [0.2, 0.25) is 10.0 Å². The maximum Gasteiger partial charge on any atom is 0.410 e. The monoisotopic (exact) mass is 943 g/mol. The smallest absolute Gasteiger partial charge is 0.410 e. The summed E-state index contributed by atoms with van der Waals surface area (Å²) in [7, 11) is 0. The molecular weight excluding hydrogens is 867 g/mol. The van der Waals surface area contributed by atoms with Gasteiger partial charge in [-0.25, -0.2) is 9.59 Å². The van der Waals surface area contributed by atoms with Crippen LogP contribution in [-0.4, -0.2) is 145 Å². The summed E-state index contributed by atoms with van der Waals surface area (Å²) in [5.41, 5.74) is 3.75. The number of likely N-dealkylation sites (tertiary alicyclic amines) is 3. The van der Waals surface area contributed by atoms with Crippen LogP contribution in [0.25, 0.3) is 0 Å². The zero-order valence-corrected chi connectivity index (χ0v) is 41.4. The number of aldehydes is 1. The Morgan fingerprint density at radius 1 is 0.677 bits per heavy atom. The number of hydrogen-bond donors (Lipinski definition) is 3. The average Bonchev–Trinajstić information content (AvgIpc) is 3.87. The van der Waals surface area contributed by atoms with Gasteiger partial charge >= 0.3 is 12.2 Å². The number of amides is 2. The summed E-state index contributed by atoms with van der Waals surface area (Å²) < 4.78 is 11.0. The first-order chi connectivity index (χ1) is 30.8. The Balaban J connectivity index is 0.000000178. The highest BCUT2D eigenvalue weighted by molar-refractivity contribution is 6.34. The molecule has 2 aromatic rings. The van der Waals surface area contributed by atoms with Crippen molar-refractivity contribution in [3.63, 3.8) is 0 Å². The van der Waals surface area contributed by atoms with Crippen molar-refractivity contribution in [1.82, 2.24) is 20.0 Å². The number of piperidine rings is 4. The third-order valence-corrected chi connectivity index (χ3v) is 14.6. The molecule has 0 saturated carbocycles. The van der Waals surface area contributed by atoms with Gasteiger partial charge < -0.3 is 44.6 Å². The fraction of sp³-hybridized carbons (Fsp3) is 0.700. The third-order valence-electron chi connectivity index (χ3n) is 14.0. The lowest BCUT2D eigenvalue weighted by molar-refractivity contribution is 0.0102. The molecule has 15 heteroatoms. The lowest BCUT2D eigenvalue weighted by atomic mass is 9.78. The number of nitrogens with one attached hydrogen (secondary N) is 1. The number of carbonyl (C=O) groups excluding carboxylic acids is 3. The van der Waals surface area contributed by atoms with Crippen LogP contribution in [0.15, 0.2) is 36.4 Å². The van der Waals surface area contributed by atoms with Gasteiger partial charge in [0.05, 0.1) is 33.6 Å². The van der Waals surface area contributed by atoms with Crippen LogP contribution in [0.4, 0.5) is 21.0 Å². The molecule has 0 radical (unpaired) electrons. The van der Waals surface area contributed by atoms with Gasteiger partial charge in [0.1, 0.15) is 11.2 Å². The molecule has 13 nitrogen and oxygen atoms in total. The van der Waals surface area contributed by atoms with E-state index in [1.165, 1.54) is 18.4 Å². The maximum atomic E-state index is 12.4. The van der Waals surface area contributed by atoms with E-state index in [1.54, 1.807) is 18.2 Å². The Kier molecular flexibility index (Phi) is 17.4. The predicted octanol–water partition coefficient (Wildman–Crippen LogP) is 8.63. The molecule has 362 valence electrons. The standard InChI is InChI=1S/C25H38ClN3O3.C13H24N2O2.C12H14ClNO2/c1-24(2,3)32-23(31)29-15-10-25(11-16-29)9-14-27(18-25)17-19-5-4-6-21(26)22(19)28-12-7-20(30)8-13-28;1-12(2,3)17-11(16)15-8-5-13(6-9-15)4-7-14-10-13;13-11-3-1-2-9(8-15)12(11)14-6-4-10(16)5-7-14/h4-6,20,30H,7-18H2,1-3H3;14H,4-10H2,1-3H3;1-3,8,10,16H,4-7H2. The SMILES string of the molecule is CC(C)(C)OC(=O)N1CCC2(CCN(Cc3cccc(Cl)c3N3CCC(O)CC3)C2)CC1.CC(C)(C)OC(=O)N1CCC2(CCNC2)CC1.O=Cc1cccc(Cl)c1N1CCC(O)CC1. The van der Waals surface area contributed by atoms with Crippen LogP contribution in [0.3, 0.4) is 0 Å². The fourth-order valence-corrected chi connectivity index (χ4v) is 10.8. The molecule has 0 aromatic heterocycles. The summed E-state index contributed by atoms with van der Waals surface area (Å²) in [6, 6.07) is 11.5. The number of aliphatic hydroxyl groups excluding tert-OH is 2. The van der Waals surface area contributed by atoms with Crippen molar-refractivity contribution in [1.29, 1.82) is 0 Å². The molecule has 65 heavy (non-hydrogen) atoms. The molecule has 6 aliphatic heterocycles. The second-order valence-electron chi connectivity index (χ2n) is 21.3. The molecule has 0 unspecified atom stereocenters. The van der Waals surface area contributed by atoms with Crippen LogP contribution in [0.1, 0.15) is 122 Å². The molecule has 2 amide bonds. The number of rotatable bonds is 5. The topological polar surface area (TPSA) is 138 Å². The van der Waals surface area contributed by atoms with Crippen molar-refractivity contribution >= 4 is 53.0 Å². The Morgan fingerprint density at radius 3 is 1.62 bits per heavy atom. The van der Waals surface area contributed by atoms with Gasteiger partial charge in [0, 0.05) is 77.6 Å². The average molecular weight is 944 g/mol. The van der Waals surface area contributed by atoms with E-state index in [9.17, 15) is 24.6 Å². The molecule has 0 bridgehead atoms. The summed E-state index contributed by atoms with van der Waals surface area (Å²) in [6.07, 6.45) is 9.85. The van der Waals surface area contributed by atoms with Gasteiger partial charge in [0.25, 0.3) is 0 Å². The van der Waals surface area contributed by atoms with Crippen molar-refractivity contribution in [2.45, 2.75) is 136 Å². The zero-order valence-electron chi connectivity index (χ0n) is 39.9. The molecule has 6 heterocycles. The van der Waals surface area contributed by atoms with Gasteiger partial charge in [-0.3, -0.25) is 9.69 Å². The number of aliphatic hydroxyl groups is 2. The van der Waals surface area contributed by atoms with Gasteiger partial charge in [-0.1, -0.05) is 41.4 Å². The molecular formula is C50H76Cl2N6O7. The molecule has 6 saturated heterocycles. The van der Waals surface area contributed by atoms with Gasteiger partial charge in [-0.15, -0.1) is 0 Å². The normalized spacial score (nSPS) is 21.7. The molecule has 6 aliphatic rings. The first kappa shape index (κ1) is 51.1. The first-order valence-electron chi connectivity index (χ1n) is 24.0. The number of anilines is 2. The van der Waals surface area contributed by atoms with Crippen LogP contribution < -0.4 is 15.1 Å². The van der Waals surface area contributed by atoms with Gasteiger partial charge in [-0.05, 0) is 153 Å². The number of ether oxygens (including phenoxy) is 2. The largest absolute Gasteiger partial charge is 0.444 e. The Morgan fingerprint density at radius 2 is 1.14 bits per heavy atom. The predicted molar refractivity (Wildman–Crippen MR) is 260 cm³/mol. The second kappa shape index (κ2) is 22.2. The molecule has 0 atom stereocenters. The zero-order chi connectivity index (χ0) is 47.0. The first-order valence-corrected chi connectivity index (χ1v) is 24.8. The number of nitrogens with zero attached hydrogens (tertiary/aromatic N) is 5. The van der Waals surface area contributed by atoms with Crippen LogP contribution >= 0.6 is 23.2 Å². The van der Waals surface area contributed by atoms with E-state index in [-0.39, 0.29) is 30.0 Å². The second-order valence-corrected chi connectivity index (χ2v) is 22.1. The summed E-state index contributed by atoms with van der Waals surface area (Å²) >= 11 is 12.8. The molecule has 6 fully saturated rings. The Labute approximate surface area is 398 Å². The van der Waals surface area contributed by atoms with E-state index < -0.39 is 5.60 Å². The summed E-state index contributed by atoms with van der Waals surface area (Å²) in [6.45, 7) is 23.2. The van der Waals surface area contributed by atoms with Crippen LogP contribution in [0, 0.1) is 10.8 Å². The number of para-hydroxylation sites is 2. The van der Waals surface area contributed by atoms with Crippen LogP contribution in [0.5, 0.6) is 0 Å². The molecule has 8 rings (SSSR count). The fourth-order valence-electron chi connectivity index (χ4n) is 10.2. The quantitative estimate of drug-likeness (QED) is 0.249. The van der Waals surface area contributed by atoms with E-state index in [0.29, 0.717) is 21.4 Å². The number of carbonyl (C=O) groups is 3. The van der Waals surface area contributed by atoms with E-state index in [2.05, 4.69) is 26.1 Å². The summed E-state index contributed by atoms with van der Waals surface area (Å²) in [4.78, 5) is 46.0.